The third-order valence-corrected chi connectivity index (χ3v) is 3.10. The van der Waals surface area contributed by atoms with Crippen molar-refractivity contribution < 1.29 is 33.0 Å². The first kappa shape index (κ1) is 17.1. The van der Waals surface area contributed by atoms with Crippen LogP contribution in [0.4, 0.5) is 29.3 Å². The zero-order valence-electron chi connectivity index (χ0n) is 11.9. The van der Waals surface area contributed by atoms with E-state index < -0.39 is 29.3 Å². The minimum Gasteiger partial charge on any atom is -0.508 e. The topological polar surface area (TPSA) is 104 Å². The molecule has 0 fully saturated rings. The molecule has 0 aromatic heterocycles. The van der Waals surface area contributed by atoms with Crippen LogP contribution in [0.3, 0.4) is 0 Å². The van der Waals surface area contributed by atoms with Gasteiger partial charge in [0.25, 0.3) is 0 Å². The molecule has 0 unspecified atom stereocenters. The van der Waals surface area contributed by atoms with E-state index in [1.165, 1.54) is 6.07 Å². The van der Waals surface area contributed by atoms with Crippen LogP contribution in [0.2, 0.25) is 0 Å². The maximum absolute atomic E-state index is 12.8. The van der Waals surface area contributed by atoms with Crippen molar-refractivity contribution in [2.75, 3.05) is 4.90 Å². The maximum Gasteiger partial charge on any atom is 0.416 e. The molecular formula is C15H11F3N2O4. The van der Waals surface area contributed by atoms with E-state index in [2.05, 4.69) is 0 Å². The molecule has 0 radical (unpaired) electrons. The van der Waals surface area contributed by atoms with Gasteiger partial charge in [-0.1, -0.05) is 6.07 Å². The predicted octanol–water partition coefficient (Wildman–Crippen LogP) is 3.33. The fourth-order valence-electron chi connectivity index (χ4n) is 2.10. The first-order valence-electron chi connectivity index (χ1n) is 6.44. The number of aromatic hydroxyl groups is 1. The van der Waals surface area contributed by atoms with Gasteiger partial charge in [0, 0.05) is 0 Å². The lowest BCUT2D eigenvalue weighted by Gasteiger charge is -2.23. The molecule has 0 saturated heterocycles. The zero-order chi connectivity index (χ0) is 18.1. The Labute approximate surface area is 133 Å². The molecule has 2 aromatic rings. The summed E-state index contributed by atoms with van der Waals surface area (Å²) in [6.45, 7) is 0. The molecule has 0 heterocycles. The summed E-state index contributed by atoms with van der Waals surface area (Å²) in [5, 5.41) is 18.6. The van der Waals surface area contributed by atoms with Gasteiger partial charge in [-0.3, -0.25) is 4.90 Å². The largest absolute Gasteiger partial charge is 0.508 e. The van der Waals surface area contributed by atoms with Gasteiger partial charge < -0.3 is 15.9 Å². The van der Waals surface area contributed by atoms with Crippen molar-refractivity contribution in [3.63, 3.8) is 0 Å². The van der Waals surface area contributed by atoms with E-state index in [1.807, 2.05) is 0 Å². The number of phenolic OH excluding ortho intramolecular Hbond substituents is 1. The third kappa shape index (κ3) is 3.40. The molecule has 9 heteroatoms. The first-order chi connectivity index (χ1) is 11.1. The monoisotopic (exact) mass is 340 g/mol. The molecule has 0 bridgehead atoms. The van der Waals surface area contributed by atoms with Gasteiger partial charge in [-0.05, 0) is 36.4 Å². The number of carbonyl (C=O) groups is 2. The SMILES string of the molecule is NC(=O)N(c1cccc(C(F)(F)F)c1)c1ccc(O)cc1C(=O)O. The second-order valence-corrected chi connectivity index (χ2v) is 4.73. The van der Waals surface area contributed by atoms with Gasteiger partial charge in [-0.15, -0.1) is 0 Å². The second-order valence-electron chi connectivity index (χ2n) is 4.73. The number of nitrogens with zero attached hydrogens (tertiary/aromatic N) is 1. The Bertz CT molecular complexity index is 806. The Morgan fingerprint density at radius 1 is 1.08 bits per heavy atom. The Kier molecular flexibility index (Phi) is 4.36. The van der Waals surface area contributed by atoms with Gasteiger partial charge in [-0.2, -0.15) is 13.2 Å². The van der Waals surface area contributed by atoms with Gasteiger partial charge in [-0.25, -0.2) is 9.59 Å². The quantitative estimate of drug-likeness (QED) is 0.797. The summed E-state index contributed by atoms with van der Waals surface area (Å²) in [5.74, 6) is -1.87. The number of phenols is 1. The summed E-state index contributed by atoms with van der Waals surface area (Å²) in [5.41, 5.74) is 3.17. The number of rotatable bonds is 3. The summed E-state index contributed by atoms with van der Waals surface area (Å²) < 4.78 is 38.5. The number of anilines is 2. The zero-order valence-corrected chi connectivity index (χ0v) is 11.9. The molecule has 0 atom stereocenters. The van der Waals surface area contributed by atoms with Gasteiger partial charge in [0.05, 0.1) is 22.5 Å². The molecule has 2 rings (SSSR count). The third-order valence-electron chi connectivity index (χ3n) is 3.10. The highest BCUT2D eigenvalue weighted by atomic mass is 19.4. The van der Waals surface area contributed by atoms with Crippen LogP contribution in [0.1, 0.15) is 15.9 Å². The van der Waals surface area contributed by atoms with Crippen LogP contribution in [-0.2, 0) is 6.18 Å². The lowest BCUT2D eigenvalue weighted by Crippen LogP contribution is -2.32. The second kappa shape index (κ2) is 6.11. The molecule has 2 aromatic carbocycles. The molecular weight excluding hydrogens is 329 g/mol. The van der Waals surface area contributed by atoms with E-state index in [1.54, 1.807) is 0 Å². The van der Waals surface area contributed by atoms with Crippen molar-refractivity contribution in [1.29, 1.82) is 0 Å². The van der Waals surface area contributed by atoms with Crippen molar-refractivity contribution in [2.45, 2.75) is 6.18 Å². The van der Waals surface area contributed by atoms with Crippen LogP contribution in [0, 0.1) is 0 Å². The number of primary amides is 1. The van der Waals surface area contributed by atoms with E-state index in [9.17, 15) is 33.0 Å². The molecule has 6 nitrogen and oxygen atoms in total. The van der Waals surface area contributed by atoms with Crippen LogP contribution in [0.5, 0.6) is 5.75 Å². The van der Waals surface area contributed by atoms with Crippen LogP contribution in [-0.4, -0.2) is 22.2 Å². The number of nitrogens with two attached hydrogens (primary N) is 1. The van der Waals surface area contributed by atoms with Crippen LogP contribution < -0.4 is 10.6 Å². The normalized spacial score (nSPS) is 11.1. The van der Waals surface area contributed by atoms with Crippen molar-refractivity contribution >= 4 is 23.4 Å². The smallest absolute Gasteiger partial charge is 0.416 e. The number of benzene rings is 2. The Hall–Kier alpha value is -3.23. The van der Waals surface area contributed by atoms with Gasteiger partial charge in [0.2, 0.25) is 0 Å². The van der Waals surface area contributed by atoms with Gasteiger partial charge >= 0.3 is 18.2 Å². The van der Waals surface area contributed by atoms with Crippen LogP contribution in [0.15, 0.2) is 42.5 Å². The van der Waals surface area contributed by atoms with Crippen molar-refractivity contribution in [1.82, 2.24) is 0 Å². The number of halogens is 3. The molecule has 126 valence electrons. The number of carboxylic acid groups (broad SMARTS) is 1. The first-order valence-corrected chi connectivity index (χ1v) is 6.44. The minimum absolute atomic E-state index is 0.259. The van der Waals surface area contributed by atoms with Crippen molar-refractivity contribution in [3.05, 3.63) is 53.6 Å². The molecule has 24 heavy (non-hydrogen) atoms. The van der Waals surface area contributed by atoms with Crippen molar-refractivity contribution in [2.24, 2.45) is 5.73 Å². The fraction of sp³-hybridized carbons (Fsp3) is 0.0667. The molecule has 0 saturated carbocycles. The Morgan fingerprint density at radius 2 is 1.75 bits per heavy atom. The molecule has 2 amide bonds. The van der Waals surface area contributed by atoms with Crippen molar-refractivity contribution in [3.8, 4) is 5.75 Å². The fourth-order valence-corrected chi connectivity index (χ4v) is 2.10. The lowest BCUT2D eigenvalue weighted by atomic mass is 10.1. The van der Waals surface area contributed by atoms with E-state index >= 15 is 0 Å². The number of carbonyl (C=O) groups excluding carboxylic acids is 1. The Morgan fingerprint density at radius 3 is 2.29 bits per heavy atom. The highest BCUT2D eigenvalue weighted by molar-refractivity contribution is 6.05. The lowest BCUT2D eigenvalue weighted by molar-refractivity contribution is -0.137. The number of urea groups is 1. The number of hydrogen-bond donors (Lipinski definition) is 3. The molecule has 0 aliphatic heterocycles. The van der Waals surface area contributed by atoms with E-state index in [4.69, 9.17) is 5.73 Å². The van der Waals surface area contributed by atoms with E-state index in [0.717, 1.165) is 30.3 Å². The predicted molar refractivity (Wildman–Crippen MR) is 78.2 cm³/mol. The van der Waals surface area contributed by atoms with Gasteiger partial charge in [0.15, 0.2) is 0 Å². The summed E-state index contributed by atoms with van der Waals surface area (Å²) in [4.78, 5) is 23.6. The number of aromatic carboxylic acids is 1. The van der Waals surface area contributed by atoms with Crippen LogP contribution >= 0.6 is 0 Å². The molecule has 0 spiro atoms. The highest BCUT2D eigenvalue weighted by Crippen LogP contribution is 2.35. The Balaban J connectivity index is 2.65. The highest BCUT2D eigenvalue weighted by Gasteiger charge is 2.32. The van der Waals surface area contributed by atoms with Crippen LogP contribution in [0.25, 0.3) is 0 Å². The maximum atomic E-state index is 12.8. The molecule has 4 N–H and O–H groups in total. The number of carboxylic acids is 1. The standard InChI is InChI=1S/C15H11F3N2O4/c16-15(17,18)8-2-1-3-9(6-8)20(14(19)24)12-5-4-10(21)7-11(12)13(22)23/h1-7,21H,(H2,19,24)(H,22,23). The van der Waals surface area contributed by atoms with E-state index in [0.29, 0.717) is 11.0 Å². The summed E-state index contributed by atoms with van der Waals surface area (Å²) in [7, 11) is 0. The number of hydrogen-bond acceptors (Lipinski definition) is 3. The minimum atomic E-state index is -4.65. The molecule has 0 aliphatic rings. The summed E-state index contributed by atoms with van der Waals surface area (Å²) in [6.07, 6.45) is -4.65. The summed E-state index contributed by atoms with van der Waals surface area (Å²) in [6, 6.07) is 5.56. The number of amides is 2. The average Bonchev–Trinajstić information content (AvgIpc) is 2.48. The van der Waals surface area contributed by atoms with Gasteiger partial charge in [0.1, 0.15) is 5.75 Å². The number of alkyl halides is 3. The summed E-state index contributed by atoms with van der Waals surface area (Å²) >= 11 is 0. The van der Waals surface area contributed by atoms with E-state index in [-0.39, 0.29) is 17.1 Å². The average molecular weight is 340 g/mol. The molecule has 0 aliphatic carbocycles.